The van der Waals surface area contributed by atoms with Crippen LogP contribution in [-0.4, -0.2) is 24.6 Å². The normalized spacial score (nSPS) is 11.7. The van der Waals surface area contributed by atoms with Gasteiger partial charge in [-0.15, -0.1) is 0 Å². The van der Waals surface area contributed by atoms with Crippen LogP contribution in [0.15, 0.2) is 53.3 Å². The molecule has 10 heteroatoms. The van der Waals surface area contributed by atoms with E-state index in [9.17, 15) is 15.2 Å². The molecule has 2 aromatic carbocycles. The molecule has 0 bridgehead atoms. The van der Waals surface area contributed by atoms with Gasteiger partial charge in [0.05, 0.1) is 17.2 Å². The molecular weight excluding hydrogens is 396 g/mol. The second-order valence-electron chi connectivity index (χ2n) is 6.79. The van der Waals surface area contributed by atoms with Crippen molar-refractivity contribution in [2.75, 3.05) is 16.8 Å². The lowest BCUT2D eigenvalue weighted by Gasteiger charge is -2.21. The van der Waals surface area contributed by atoms with Crippen molar-refractivity contribution >= 4 is 28.5 Å². The van der Waals surface area contributed by atoms with Crippen molar-refractivity contribution in [3.05, 3.63) is 70.3 Å². The number of aromatic hydroxyl groups is 1. The van der Waals surface area contributed by atoms with E-state index < -0.39 is 11.6 Å². The van der Waals surface area contributed by atoms with E-state index in [4.69, 9.17) is 11.5 Å². The molecule has 1 atom stereocenters. The number of para-hydroxylation sites is 1. The van der Waals surface area contributed by atoms with Gasteiger partial charge in [-0.05, 0) is 31.2 Å². The Morgan fingerprint density at radius 2 is 1.84 bits per heavy atom. The number of nitriles is 1. The summed E-state index contributed by atoms with van der Waals surface area (Å²) in [6.07, 6.45) is 0. The van der Waals surface area contributed by atoms with Crippen LogP contribution in [0.3, 0.4) is 0 Å². The summed E-state index contributed by atoms with van der Waals surface area (Å²) in [4.78, 5) is 25.9. The first-order valence-corrected chi connectivity index (χ1v) is 9.30. The fraction of sp³-hybridized carbons (Fsp3) is 0.0952. The SMILES string of the molecule is CC(Nc1nc(N)nc(N)c1C#N)c1nc2cccc(O)c2c(=O)n1-c1ccccc1. The Hall–Kier alpha value is -4.65. The molecule has 0 amide bonds. The summed E-state index contributed by atoms with van der Waals surface area (Å²) >= 11 is 0. The maximum atomic E-state index is 13.4. The topological polar surface area (TPSA) is 169 Å². The van der Waals surface area contributed by atoms with E-state index in [0.717, 1.165) is 0 Å². The maximum Gasteiger partial charge on any atom is 0.269 e. The summed E-state index contributed by atoms with van der Waals surface area (Å²) in [5.41, 5.74) is 12.0. The van der Waals surface area contributed by atoms with Crippen LogP contribution in [0.2, 0.25) is 0 Å². The molecule has 0 spiro atoms. The molecule has 0 aliphatic rings. The number of nitrogens with zero attached hydrogens (tertiary/aromatic N) is 5. The molecule has 0 radical (unpaired) electrons. The van der Waals surface area contributed by atoms with Crippen LogP contribution in [0.1, 0.15) is 24.4 Å². The molecule has 0 fully saturated rings. The predicted octanol–water partition coefficient (Wildman–Crippen LogP) is 2.09. The molecule has 0 saturated carbocycles. The molecule has 4 rings (SSSR count). The summed E-state index contributed by atoms with van der Waals surface area (Å²) in [5.74, 6) is 0.165. The van der Waals surface area contributed by atoms with E-state index in [1.165, 1.54) is 10.6 Å². The van der Waals surface area contributed by atoms with Crippen molar-refractivity contribution in [1.29, 1.82) is 5.26 Å². The number of hydrogen-bond donors (Lipinski definition) is 4. The number of fused-ring (bicyclic) bond motifs is 1. The average molecular weight is 414 g/mol. The third kappa shape index (κ3) is 3.44. The lowest BCUT2D eigenvalue weighted by atomic mass is 10.2. The van der Waals surface area contributed by atoms with E-state index in [2.05, 4.69) is 20.3 Å². The van der Waals surface area contributed by atoms with Gasteiger partial charge in [-0.25, -0.2) is 4.98 Å². The van der Waals surface area contributed by atoms with Gasteiger partial charge in [0.15, 0.2) is 5.82 Å². The Kier molecular flexibility index (Phi) is 4.85. The first-order chi connectivity index (χ1) is 14.9. The van der Waals surface area contributed by atoms with Gasteiger partial charge in [0.25, 0.3) is 5.56 Å². The molecule has 0 aliphatic heterocycles. The number of phenolic OH excluding ortho intramolecular Hbond substituents is 1. The Bertz CT molecular complexity index is 1390. The number of nitrogen functional groups attached to an aromatic ring is 2. The molecular formula is C21H18N8O2. The van der Waals surface area contributed by atoms with Crippen molar-refractivity contribution in [1.82, 2.24) is 19.5 Å². The molecule has 154 valence electrons. The smallest absolute Gasteiger partial charge is 0.269 e. The lowest BCUT2D eigenvalue weighted by Crippen LogP contribution is -2.27. The van der Waals surface area contributed by atoms with E-state index >= 15 is 0 Å². The minimum absolute atomic E-state index is 0.0353. The number of nitrogens with two attached hydrogens (primary N) is 2. The van der Waals surface area contributed by atoms with Gasteiger partial charge in [0, 0.05) is 0 Å². The van der Waals surface area contributed by atoms with Crippen molar-refractivity contribution in [3.63, 3.8) is 0 Å². The fourth-order valence-corrected chi connectivity index (χ4v) is 3.33. The largest absolute Gasteiger partial charge is 0.507 e. The Balaban J connectivity index is 1.94. The van der Waals surface area contributed by atoms with Crippen LogP contribution in [0.4, 0.5) is 17.6 Å². The third-order valence-electron chi connectivity index (χ3n) is 4.72. The van der Waals surface area contributed by atoms with E-state index in [-0.39, 0.29) is 34.3 Å². The number of phenols is 1. The predicted molar refractivity (Wildman–Crippen MR) is 117 cm³/mol. The van der Waals surface area contributed by atoms with Gasteiger partial charge in [-0.2, -0.15) is 15.2 Å². The molecule has 0 saturated heterocycles. The number of nitrogens with one attached hydrogen (secondary N) is 1. The molecule has 1 unspecified atom stereocenters. The van der Waals surface area contributed by atoms with E-state index in [1.807, 2.05) is 12.1 Å². The quantitative estimate of drug-likeness (QED) is 0.390. The number of hydrogen-bond acceptors (Lipinski definition) is 9. The van der Waals surface area contributed by atoms with Gasteiger partial charge in [0.2, 0.25) is 5.95 Å². The van der Waals surface area contributed by atoms with Crippen LogP contribution in [0.5, 0.6) is 5.75 Å². The minimum atomic E-state index is -0.597. The highest BCUT2D eigenvalue weighted by molar-refractivity contribution is 5.84. The summed E-state index contributed by atoms with van der Waals surface area (Å²) in [6.45, 7) is 1.76. The fourth-order valence-electron chi connectivity index (χ4n) is 3.33. The van der Waals surface area contributed by atoms with Gasteiger partial charge in [-0.1, -0.05) is 24.3 Å². The Morgan fingerprint density at radius 3 is 2.55 bits per heavy atom. The highest BCUT2D eigenvalue weighted by Gasteiger charge is 2.21. The Labute approximate surface area is 176 Å². The summed E-state index contributed by atoms with van der Waals surface area (Å²) in [6, 6.07) is 15.0. The van der Waals surface area contributed by atoms with Crippen molar-refractivity contribution in [3.8, 4) is 17.5 Å². The summed E-state index contributed by atoms with van der Waals surface area (Å²) in [7, 11) is 0. The van der Waals surface area contributed by atoms with Gasteiger partial charge in [-0.3, -0.25) is 9.36 Å². The molecule has 2 aromatic heterocycles. The van der Waals surface area contributed by atoms with Crippen molar-refractivity contribution in [2.45, 2.75) is 13.0 Å². The molecule has 2 heterocycles. The standard InChI is InChI=1S/C21H18N8O2/c1-11(25-18-13(10-22)17(23)27-21(24)28-18)19-26-14-8-5-9-15(30)16(14)20(31)29(19)12-6-3-2-4-7-12/h2-9,11,30H,1H3,(H5,23,24,25,27,28). The second kappa shape index (κ2) is 7.64. The summed E-state index contributed by atoms with van der Waals surface area (Å²) < 4.78 is 1.40. The Morgan fingerprint density at radius 1 is 1.10 bits per heavy atom. The molecule has 6 N–H and O–H groups in total. The maximum absolute atomic E-state index is 13.4. The average Bonchev–Trinajstić information content (AvgIpc) is 2.74. The van der Waals surface area contributed by atoms with Crippen LogP contribution in [0, 0.1) is 11.3 Å². The van der Waals surface area contributed by atoms with Gasteiger partial charge >= 0.3 is 0 Å². The number of rotatable bonds is 4. The van der Waals surface area contributed by atoms with Gasteiger partial charge < -0.3 is 21.9 Å². The first-order valence-electron chi connectivity index (χ1n) is 9.30. The molecule has 4 aromatic rings. The van der Waals surface area contributed by atoms with E-state index in [0.29, 0.717) is 17.0 Å². The lowest BCUT2D eigenvalue weighted by molar-refractivity contribution is 0.480. The molecule has 0 aliphatic carbocycles. The second-order valence-corrected chi connectivity index (χ2v) is 6.79. The highest BCUT2D eigenvalue weighted by Crippen LogP contribution is 2.27. The van der Waals surface area contributed by atoms with Crippen molar-refractivity contribution in [2.24, 2.45) is 0 Å². The zero-order valence-corrected chi connectivity index (χ0v) is 16.4. The van der Waals surface area contributed by atoms with Crippen LogP contribution in [0.25, 0.3) is 16.6 Å². The summed E-state index contributed by atoms with van der Waals surface area (Å²) in [5, 5.41) is 22.9. The molecule has 31 heavy (non-hydrogen) atoms. The number of anilines is 3. The van der Waals surface area contributed by atoms with Crippen LogP contribution >= 0.6 is 0 Å². The number of aromatic nitrogens is 4. The van der Waals surface area contributed by atoms with Crippen LogP contribution < -0.4 is 22.3 Å². The molecule has 10 nitrogen and oxygen atoms in total. The van der Waals surface area contributed by atoms with E-state index in [1.54, 1.807) is 43.3 Å². The zero-order chi connectivity index (χ0) is 22.1. The minimum Gasteiger partial charge on any atom is -0.507 e. The monoisotopic (exact) mass is 414 g/mol. The highest BCUT2D eigenvalue weighted by atomic mass is 16.3. The van der Waals surface area contributed by atoms with Crippen LogP contribution in [-0.2, 0) is 0 Å². The third-order valence-corrected chi connectivity index (χ3v) is 4.72. The van der Waals surface area contributed by atoms with Gasteiger partial charge in [0.1, 0.15) is 34.4 Å². The number of benzene rings is 2. The first kappa shape index (κ1) is 19.7. The zero-order valence-electron chi connectivity index (χ0n) is 16.4. The van der Waals surface area contributed by atoms with Crippen molar-refractivity contribution < 1.29 is 5.11 Å².